The first-order valence-corrected chi connectivity index (χ1v) is 9.90. The van der Waals surface area contributed by atoms with Crippen LogP contribution in [0.5, 0.6) is 23.0 Å². The maximum atomic E-state index is 12.4. The van der Waals surface area contributed by atoms with Crippen LogP contribution in [0.15, 0.2) is 36.4 Å². The lowest BCUT2D eigenvalue weighted by molar-refractivity contribution is 0.0412. The molecule has 0 fully saturated rings. The Bertz CT molecular complexity index is 754. The second-order valence-electron chi connectivity index (χ2n) is 6.22. The van der Waals surface area contributed by atoms with Crippen LogP contribution in [0.1, 0.15) is 22.3 Å². The monoisotopic (exact) mass is 422 g/mol. The van der Waals surface area contributed by atoms with Crippen molar-refractivity contribution in [2.45, 2.75) is 12.8 Å². The molecule has 0 aromatic heterocycles. The number of phenols is 3. The molecular weight excluding hydrogens is 396 g/mol. The van der Waals surface area contributed by atoms with Gasteiger partial charge in [-0.2, -0.15) is 12.6 Å². The number of benzene rings is 2. The van der Waals surface area contributed by atoms with E-state index in [-0.39, 0.29) is 47.4 Å². The zero-order valence-corrected chi connectivity index (χ0v) is 16.9. The van der Waals surface area contributed by atoms with E-state index in [4.69, 9.17) is 14.2 Å². The highest BCUT2D eigenvalue weighted by Crippen LogP contribution is 2.33. The summed E-state index contributed by atoms with van der Waals surface area (Å²) in [6.07, 6.45) is 0.528. The van der Waals surface area contributed by atoms with Gasteiger partial charge in [0, 0.05) is 24.3 Å². The molecule has 0 bridgehead atoms. The van der Waals surface area contributed by atoms with E-state index in [0.717, 1.165) is 5.56 Å². The fourth-order valence-corrected chi connectivity index (χ4v) is 2.74. The molecule has 0 saturated carbocycles. The first-order valence-electron chi connectivity index (χ1n) is 9.27. The van der Waals surface area contributed by atoms with Crippen molar-refractivity contribution in [3.63, 3.8) is 0 Å². The Hall–Kier alpha value is -2.42. The second kappa shape index (κ2) is 12.2. The highest BCUT2D eigenvalue weighted by Gasteiger charge is 2.18. The van der Waals surface area contributed by atoms with E-state index >= 15 is 0 Å². The minimum atomic E-state index is -0.385. The molecule has 0 aliphatic heterocycles. The van der Waals surface area contributed by atoms with Crippen molar-refractivity contribution in [2.75, 3.05) is 38.8 Å². The first kappa shape index (κ1) is 22.9. The van der Waals surface area contributed by atoms with Gasteiger partial charge in [-0.15, -0.1) is 0 Å². The highest BCUT2D eigenvalue weighted by molar-refractivity contribution is 7.80. The minimum Gasteiger partial charge on any atom is -0.508 e. The van der Waals surface area contributed by atoms with E-state index in [1.54, 1.807) is 24.3 Å². The summed E-state index contributed by atoms with van der Waals surface area (Å²) in [6.45, 7) is 2.02. The fraction of sp³-hybridized carbons (Fsp3) is 0.381. The number of phenolic OH excluding ortho intramolecular Hbond substituents is 3. The first-order chi connectivity index (χ1) is 14.0. The third-order valence-electron chi connectivity index (χ3n) is 4.03. The van der Waals surface area contributed by atoms with Crippen molar-refractivity contribution >= 4 is 18.4 Å². The van der Waals surface area contributed by atoms with Gasteiger partial charge in [0.1, 0.15) is 35.2 Å². The predicted octanol–water partition coefficient (Wildman–Crippen LogP) is 2.96. The van der Waals surface area contributed by atoms with E-state index in [9.17, 15) is 20.1 Å². The average molecular weight is 422 g/mol. The Labute approximate surface area is 175 Å². The molecule has 29 heavy (non-hydrogen) atoms. The zero-order chi connectivity index (χ0) is 21.1. The standard InChI is InChI=1S/C21H26O7S/c22-16-4-1-15(2-5-16)3-6-18(23)21-19(24)13-17(14-20(21)25)28-10-9-26-7-8-27-11-12-29/h1-2,4-5,13-14,22,24-25,29H,3,6-12H2. The number of ketones is 1. The average Bonchev–Trinajstić information content (AvgIpc) is 2.69. The van der Waals surface area contributed by atoms with Crippen LogP contribution in [0.3, 0.4) is 0 Å². The van der Waals surface area contributed by atoms with Crippen molar-refractivity contribution < 1.29 is 34.3 Å². The van der Waals surface area contributed by atoms with Gasteiger partial charge in [0.05, 0.1) is 26.4 Å². The maximum absolute atomic E-state index is 12.4. The summed E-state index contributed by atoms with van der Waals surface area (Å²) in [5.74, 6) is -0.00767. The molecule has 0 unspecified atom stereocenters. The molecule has 0 atom stereocenters. The van der Waals surface area contributed by atoms with Crippen molar-refractivity contribution in [3.05, 3.63) is 47.5 Å². The SMILES string of the molecule is O=C(CCc1ccc(O)cc1)c1c(O)cc(OCCOCCOCCS)cc1O. The summed E-state index contributed by atoms with van der Waals surface area (Å²) in [4.78, 5) is 12.4. The molecule has 2 aromatic rings. The smallest absolute Gasteiger partial charge is 0.170 e. The largest absolute Gasteiger partial charge is 0.508 e. The Morgan fingerprint density at radius 1 is 0.862 bits per heavy atom. The molecule has 0 aliphatic rings. The van der Waals surface area contributed by atoms with Crippen LogP contribution < -0.4 is 4.74 Å². The molecule has 3 N–H and O–H groups in total. The topological polar surface area (TPSA) is 105 Å². The number of aromatic hydroxyl groups is 3. The summed E-state index contributed by atoms with van der Waals surface area (Å²) >= 11 is 4.03. The number of rotatable bonds is 13. The van der Waals surface area contributed by atoms with Crippen LogP contribution in [-0.2, 0) is 15.9 Å². The van der Waals surface area contributed by atoms with Crippen LogP contribution in [0.2, 0.25) is 0 Å². The summed E-state index contributed by atoms with van der Waals surface area (Å²) in [6, 6.07) is 9.11. The molecule has 2 rings (SSSR count). The van der Waals surface area contributed by atoms with Gasteiger partial charge < -0.3 is 29.5 Å². The second-order valence-corrected chi connectivity index (χ2v) is 6.67. The van der Waals surface area contributed by atoms with Crippen molar-refractivity contribution in [1.29, 1.82) is 0 Å². The van der Waals surface area contributed by atoms with Crippen molar-refractivity contribution in [3.8, 4) is 23.0 Å². The van der Waals surface area contributed by atoms with Crippen LogP contribution in [0, 0.1) is 0 Å². The molecular formula is C21H26O7S. The number of Topliss-reactive ketones (excluding diaryl/α,β-unsaturated/α-hetero) is 1. The van der Waals surface area contributed by atoms with Gasteiger partial charge in [-0.3, -0.25) is 4.79 Å². The molecule has 0 saturated heterocycles. The predicted molar refractivity (Wildman–Crippen MR) is 112 cm³/mol. The maximum Gasteiger partial charge on any atom is 0.170 e. The Morgan fingerprint density at radius 3 is 2.07 bits per heavy atom. The van der Waals surface area contributed by atoms with E-state index in [1.807, 2.05) is 0 Å². The third kappa shape index (κ3) is 7.84. The molecule has 158 valence electrons. The van der Waals surface area contributed by atoms with Crippen LogP contribution in [0.25, 0.3) is 0 Å². The number of thiol groups is 1. The number of hydrogen-bond acceptors (Lipinski definition) is 8. The van der Waals surface area contributed by atoms with Crippen LogP contribution in [0.4, 0.5) is 0 Å². The van der Waals surface area contributed by atoms with Gasteiger partial charge >= 0.3 is 0 Å². The lowest BCUT2D eigenvalue weighted by Gasteiger charge is -2.11. The number of aryl methyl sites for hydroxylation is 1. The summed E-state index contributed by atoms with van der Waals surface area (Å²) in [5, 5.41) is 29.6. The summed E-state index contributed by atoms with van der Waals surface area (Å²) in [5.41, 5.74) is 0.736. The van der Waals surface area contributed by atoms with Gasteiger partial charge in [0.15, 0.2) is 5.78 Å². The molecule has 0 heterocycles. The Kier molecular flexibility index (Phi) is 9.63. The lowest BCUT2D eigenvalue weighted by Crippen LogP contribution is -2.11. The molecule has 0 amide bonds. The van der Waals surface area contributed by atoms with Crippen LogP contribution in [-0.4, -0.2) is 59.9 Å². The molecule has 0 aliphatic carbocycles. The van der Waals surface area contributed by atoms with Crippen molar-refractivity contribution in [2.24, 2.45) is 0 Å². The molecule has 0 radical (unpaired) electrons. The van der Waals surface area contributed by atoms with Gasteiger partial charge in [0.2, 0.25) is 0 Å². The lowest BCUT2D eigenvalue weighted by atomic mass is 10.0. The normalized spacial score (nSPS) is 10.8. The number of ether oxygens (including phenoxy) is 3. The van der Waals surface area contributed by atoms with Gasteiger partial charge in [-0.25, -0.2) is 0 Å². The minimum absolute atomic E-state index is 0.106. The number of carbonyl (C=O) groups is 1. The summed E-state index contributed by atoms with van der Waals surface area (Å²) < 4.78 is 16.0. The quantitative estimate of drug-likeness (QED) is 0.223. The van der Waals surface area contributed by atoms with Gasteiger partial charge in [-0.05, 0) is 24.1 Å². The molecule has 2 aromatic carbocycles. The fourth-order valence-electron chi connectivity index (χ4n) is 2.61. The molecule has 7 nitrogen and oxygen atoms in total. The highest BCUT2D eigenvalue weighted by atomic mass is 32.1. The molecule has 8 heteroatoms. The van der Waals surface area contributed by atoms with E-state index in [2.05, 4.69) is 12.6 Å². The Morgan fingerprint density at radius 2 is 1.45 bits per heavy atom. The van der Waals surface area contributed by atoms with Gasteiger partial charge in [0.25, 0.3) is 0 Å². The molecule has 0 spiro atoms. The number of carbonyl (C=O) groups excluding carboxylic acids is 1. The van der Waals surface area contributed by atoms with E-state index < -0.39 is 0 Å². The van der Waals surface area contributed by atoms with E-state index in [1.165, 1.54) is 12.1 Å². The summed E-state index contributed by atoms with van der Waals surface area (Å²) in [7, 11) is 0. The zero-order valence-electron chi connectivity index (χ0n) is 16.0. The number of hydrogen-bond donors (Lipinski definition) is 4. The van der Waals surface area contributed by atoms with Crippen molar-refractivity contribution in [1.82, 2.24) is 0 Å². The van der Waals surface area contributed by atoms with Gasteiger partial charge in [-0.1, -0.05) is 12.1 Å². The third-order valence-corrected chi connectivity index (χ3v) is 4.21. The Balaban J connectivity index is 1.81. The van der Waals surface area contributed by atoms with E-state index in [0.29, 0.717) is 38.6 Å². The van der Waals surface area contributed by atoms with Crippen LogP contribution >= 0.6 is 12.6 Å².